The molecule has 0 bridgehead atoms. The fourth-order valence-corrected chi connectivity index (χ4v) is 4.15. The molecule has 0 atom stereocenters. The number of nitrogens with zero attached hydrogens (tertiary/aromatic N) is 3. The van der Waals surface area contributed by atoms with Gasteiger partial charge in [0.2, 0.25) is 0 Å². The van der Waals surface area contributed by atoms with Crippen molar-refractivity contribution in [3.8, 4) is 5.75 Å². The van der Waals surface area contributed by atoms with Gasteiger partial charge in [-0.3, -0.25) is 9.69 Å². The molecule has 0 amide bonds. The molecule has 0 unspecified atom stereocenters. The predicted octanol–water partition coefficient (Wildman–Crippen LogP) is 3.54. The number of methoxy groups -OCH3 is 1. The second kappa shape index (κ2) is 10.3. The van der Waals surface area contributed by atoms with Gasteiger partial charge in [-0.2, -0.15) is 0 Å². The van der Waals surface area contributed by atoms with E-state index in [1.165, 1.54) is 7.11 Å². The van der Waals surface area contributed by atoms with Gasteiger partial charge in [0.1, 0.15) is 11.6 Å². The summed E-state index contributed by atoms with van der Waals surface area (Å²) in [7, 11) is 1.51. The lowest BCUT2D eigenvalue weighted by Gasteiger charge is -2.35. The summed E-state index contributed by atoms with van der Waals surface area (Å²) in [5, 5.41) is 9.78. The van der Waals surface area contributed by atoms with Gasteiger partial charge in [-0.1, -0.05) is 30.3 Å². The molecule has 7 nitrogen and oxygen atoms in total. The van der Waals surface area contributed by atoms with E-state index < -0.39 is 5.97 Å². The Morgan fingerprint density at radius 3 is 2.42 bits per heavy atom. The number of carboxylic acid groups (broad SMARTS) is 1. The van der Waals surface area contributed by atoms with Crippen molar-refractivity contribution in [1.29, 1.82) is 0 Å². The van der Waals surface area contributed by atoms with Gasteiger partial charge in [0.05, 0.1) is 18.2 Å². The standard InChI is InChI=1S/C26H27N3O4/c1-33-24-7-3-2-6-21(24)23(30)17-20-10-9-19(16-22(20)26(31)32)18-28-12-14-29(15-13-28)25-8-4-5-11-27-25/h2-11,16H,12-15,17-18H2,1H3,(H,31,32). The van der Waals surface area contributed by atoms with Crippen LogP contribution in [0.15, 0.2) is 66.9 Å². The molecule has 33 heavy (non-hydrogen) atoms. The van der Waals surface area contributed by atoms with E-state index in [0.29, 0.717) is 23.4 Å². The molecule has 2 heterocycles. The van der Waals surface area contributed by atoms with E-state index in [4.69, 9.17) is 4.74 Å². The van der Waals surface area contributed by atoms with Crippen LogP contribution >= 0.6 is 0 Å². The molecule has 1 aliphatic rings. The molecule has 1 saturated heterocycles. The number of piperazine rings is 1. The third kappa shape index (κ3) is 5.38. The largest absolute Gasteiger partial charge is 0.496 e. The number of Topliss-reactive ketones (excluding diaryl/α,β-unsaturated/α-hetero) is 1. The summed E-state index contributed by atoms with van der Waals surface area (Å²) in [6.07, 6.45) is 1.81. The summed E-state index contributed by atoms with van der Waals surface area (Å²) in [6.45, 7) is 4.14. The molecule has 3 aromatic rings. The van der Waals surface area contributed by atoms with Crippen LogP contribution in [0.4, 0.5) is 5.82 Å². The normalized spacial score (nSPS) is 14.2. The van der Waals surface area contributed by atoms with Crippen LogP contribution in [0.2, 0.25) is 0 Å². The van der Waals surface area contributed by atoms with E-state index in [2.05, 4.69) is 14.8 Å². The summed E-state index contributed by atoms with van der Waals surface area (Å²) in [5.74, 6) is 0.267. The first kappa shape index (κ1) is 22.5. The smallest absolute Gasteiger partial charge is 0.335 e. The fraction of sp³-hybridized carbons (Fsp3) is 0.269. The Morgan fingerprint density at radius 2 is 1.73 bits per heavy atom. The SMILES string of the molecule is COc1ccccc1C(=O)Cc1ccc(CN2CCN(c3ccccn3)CC2)cc1C(=O)O. The van der Waals surface area contributed by atoms with Gasteiger partial charge in [0.15, 0.2) is 5.78 Å². The molecule has 1 N–H and O–H groups in total. The van der Waals surface area contributed by atoms with E-state index in [9.17, 15) is 14.7 Å². The number of carbonyl (C=O) groups is 2. The lowest BCUT2D eigenvalue weighted by molar-refractivity contribution is 0.0695. The molecule has 1 aromatic heterocycles. The Labute approximate surface area is 193 Å². The lowest BCUT2D eigenvalue weighted by Crippen LogP contribution is -2.46. The van der Waals surface area contributed by atoms with Gasteiger partial charge < -0.3 is 14.7 Å². The molecular formula is C26H27N3O4. The Bertz CT molecular complexity index is 1130. The van der Waals surface area contributed by atoms with Gasteiger partial charge in [0.25, 0.3) is 0 Å². The Morgan fingerprint density at radius 1 is 0.970 bits per heavy atom. The number of benzene rings is 2. The molecule has 2 aromatic carbocycles. The third-order valence-corrected chi connectivity index (χ3v) is 5.91. The van der Waals surface area contributed by atoms with Crippen LogP contribution in [0.3, 0.4) is 0 Å². The molecular weight excluding hydrogens is 418 g/mol. The van der Waals surface area contributed by atoms with Crippen LogP contribution in [-0.4, -0.2) is 60.0 Å². The van der Waals surface area contributed by atoms with E-state index in [1.807, 2.05) is 24.3 Å². The first-order valence-corrected chi connectivity index (χ1v) is 10.9. The maximum absolute atomic E-state index is 12.8. The predicted molar refractivity (Wildman–Crippen MR) is 126 cm³/mol. The molecule has 0 radical (unpaired) electrons. The van der Waals surface area contributed by atoms with Gasteiger partial charge >= 0.3 is 5.97 Å². The minimum atomic E-state index is -1.03. The van der Waals surface area contributed by atoms with Crippen molar-refractivity contribution in [3.63, 3.8) is 0 Å². The van der Waals surface area contributed by atoms with Crippen LogP contribution in [-0.2, 0) is 13.0 Å². The van der Waals surface area contributed by atoms with Crippen molar-refractivity contribution in [1.82, 2.24) is 9.88 Å². The zero-order valence-corrected chi connectivity index (χ0v) is 18.6. The minimum absolute atomic E-state index is 0.00500. The number of aromatic carboxylic acids is 1. The molecule has 0 aliphatic carbocycles. The molecule has 1 aliphatic heterocycles. The summed E-state index contributed by atoms with van der Waals surface area (Å²) in [4.78, 5) is 33.7. The molecule has 0 spiro atoms. The number of ether oxygens (including phenoxy) is 1. The number of carbonyl (C=O) groups excluding carboxylic acids is 1. The second-order valence-corrected chi connectivity index (χ2v) is 8.05. The van der Waals surface area contributed by atoms with E-state index in [0.717, 1.165) is 37.6 Å². The number of anilines is 1. The van der Waals surface area contributed by atoms with Crippen molar-refractivity contribution >= 4 is 17.6 Å². The highest BCUT2D eigenvalue weighted by Crippen LogP contribution is 2.22. The van der Waals surface area contributed by atoms with Gasteiger partial charge in [-0.25, -0.2) is 9.78 Å². The van der Waals surface area contributed by atoms with Crippen molar-refractivity contribution in [2.24, 2.45) is 0 Å². The first-order chi connectivity index (χ1) is 16.0. The summed E-state index contributed by atoms with van der Waals surface area (Å²) in [6, 6.07) is 18.3. The van der Waals surface area contributed by atoms with E-state index in [-0.39, 0.29) is 17.8 Å². The van der Waals surface area contributed by atoms with Crippen molar-refractivity contribution < 1.29 is 19.4 Å². The number of pyridine rings is 1. The average molecular weight is 446 g/mol. The molecule has 4 rings (SSSR count). The molecule has 0 saturated carbocycles. The van der Waals surface area contributed by atoms with Crippen molar-refractivity contribution in [2.75, 3.05) is 38.2 Å². The highest BCUT2D eigenvalue weighted by atomic mass is 16.5. The van der Waals surface area contributed by atoms with Gasteiger partial charge in [-0.15, -0.1) is 0 Å². The summed E-state index contributed by atoms with van der Waals surface area (Å²) < 4.78 is 5.27. The third-order valence-electron chi connectivity index (χ3n) is 5.91. The van der Waals surface area contributed by atoms with Crippen LogP contribution in [0.1, 0.15) is 31.8 Å². The number of hydrogen-bond donors (Lipinski definition) is 1. The number of aromatic nitrogens is 1. The van der Waals surface area contributed by atoms with Crippen molar-refractivity contribution in [3.05, 3.63) is 89.1 Å². The monoisotopic (exact) mass is 445 g/mol. The van der Waals surface area contributed by atoms with Crippen LogP contribution < -0.4 is 9.64 Å². The number of para-hydroxylation sites is 1. The first-order valence-electron chi connectivity index (χ1n) is 10.9. The van der Waals surface area contributed by atoms with E-state index >= 15 is 0 Å². The van der Waals surface area contributed by atoms with Crippen molar-refractivity contribution in [2.45, 2.75) is 13.0 Å². The van der Waals surface area contributed by atoms with Gasteiger partial charge in [-0.05, 0) is 41.5 Å². The van der Waals surface area contributed by atoms with Crippen LogP contribution in [0, 0.1) is 0 Å². The number of ketones is 1. The summed E-state index contributed by atoms with van der Waals surface area (Å²) in [5.41, 5.74) is 2.04. The lowest BCUT2D eigenvalue weighted by atomic mass is 9.96. The minimum Gasteiger partial charge on any atom is -0.496 e. The molecule has 170 valence electrons. The molecule has 7 heteroatoms. The Kier molecular flexibility index (Phi) is 7.00. The maximum atomic E-state index is 12.8. The highest BCUT2D eigenvalue weighted by Gasteiger charge is 2.20. The fourth-order valence-electron chi connectivity index (χ4n) is 4.15. The Hall–Kier alpha value is -3.71. The van der Waals surface area contributed by atoms with Crippen LogP contribution in [0.25, 0.3) is 0 Å². The number of rotatable bonds is 8. The number of hydrogen-bond acceptors (Lipinski definition) is 6. The topological polar surface area (TPSA) is 83.0 Å². The second-order valence-electron chi connectivity index (χ2n) is 8.05. The average Bonchev–Trinajstić information content (AvgIpc) is 2.85. The highest BCUT2D eigenvalue weighted by molar-refractivity contribution is 6.01. The van der Waals surface area contributed by atoms with Gasteiger partial charge in [0, 0.05) is 45.3 Å². The number of carboxylic acids is 1. The summed E-state index contributed by atoms with van der Waals surface area (Å²) >= 11 is 0. The Balaban J connectivity index is 1.43. The quantitative estimate of drug-likeness (QED) is 0.531. The maximum Gasteiger partial charge on any atom is 0.335 e. The zero-order valence-electron chi connectivity index (χ0n) is 18.6. The zero-order chi connectivity index (χ0) is 23.2. The van der Waals surface area contributed by atoms with E-state index in [1.54, 1.807) is 42.6 Å². The van der Waals surface area contributed by atoms with Crippen LogP contribution in [0.5, 0.6) is 5.75 Å². The molecule has 1 fully saturated rings.